The number of ether oxygens (including phenoxy) is 3. The fourth-order valence-corrected chi connectivity index (χ4v) is 2.09. The fraction of sp³-hybridized carbons (Fsp3) is 0.500. The Morgan fingerprint density at radius 1 is 1.32 bits per heavy atom. The molecular weight excluding hydrogens is 246 g/mol. The quantitative estimate of drug-likeness (QED) is 0.725. The molecule has 0 unspecified atom stereocenters. The largest absolute Gasteiger partial charge is 0.493 e. The van der Waals surface area contributed by atoms with Crippen LogP contribution in [0.2, 0.25) is 0 Å². The summed E-state index contributed by atoms with van der Waals surface area (Å²) in [5, 5.41) is 0. The molecule has 1 heterocycles. The van der Waals surface area contributed by atoms with E-state index in [9.17, 15) is 4.79 Å². The Hall–Kier alpha value is -1.59. The minimum atomic E-state index is 0.586. The number of hydrogen-bond donors (Lipinski definition) is 1. The highest BCUT2D eigenvalue weighted by atomic mass is 16.5. The second-order valence-electron chi connectivity index (χ2n) is 4.49. The van der Waals surface area contributed by atoms with E-state index < -0.39 is 0 Å². The number of carbonyl (C=O) groups excluding carboxylic acids is 1. The number of methoxy groups -OCH3 is 1. The monoisotopic (exact) mass is 266 g/mol. The Morgan fingerprint density at radius 2 is 2.11 bits per heavy atom. The first-order chi connectivity index (χ1) is 9.33. The van der Waals surface area contributed by atoms with Crippen molar-refractivity contribution >= 4 is 6.29 Å². The number of carbonyl (C=O) groups is 1. The number of aldehydes is 1. The van der Waals surface area contributed by atoms with E-state index in [1.54, 1.807) is 25.3 Å². The summed E-state index contributed by atoms with van der Waals surface area (Å²) in [4.78, 5) is 12.2. The van der Waals surface area contributed by atoms with Crippen LogP contribution in [0.15, 0.2) is 18.2 Å². The molecule has 19 heavy (non-hydrogen) atoms. The zero-order chi connectivity index (χ0) is 13.5. The lowest BCUT2D eigenvalue weighted by molar-refractivity contribution is -0.908. The molecular formula is C14H20NO4+. The van der Waals surface area contributed by atoms with Crippen molar-refractivity contribution in [3.63, 3.8) is 0 Å². The highest BCUT2D eigenvalue weighted by Crippen LogP contribution is 2.27. The molecule has 1 aliphatic rings. The first-order valence-electron chi connectivity index (χ1n) is 6.51. The van der Waals surface area contributed by atoms with Crippen LogP contribution in [0.4, 0.5) is 0 Å². The summed E-state index contributed by atoms with van der Waals surface area (Å²) in [6, 6.07) is 5.19. The van der Waals surface area contributed by atoms with E-state index in [4.69, 9.17) is 14.2 Å². The van der Waals surface area contributed by atoms with Gasteiger partial charge in [-0.3, -0.25) is 4.79 Å². The summed E-state index contributed by atoms with van der Waals surface area (Å²) in [6.45, 7) is 5.29. The van der Waals surface area contributed by atoms with Crippen LogP contribution < -0.4 is 14.4 Å². The van der Waals surface area contributed by atoms with E-state index in [-0.39, 0.29) is 0 Å². The molecule has 0 amide bonds. The maximum atomic E-state index is 10.7. The lowest BCUT2D eigenvalue weighted by atomic mass is 10.2. The second kappa shape index (κ2) is 7.11. The summed E-state index contributed by atoms with van der Waals surface area (Å²) < 4.78 is 16.3. The molecule has 0 radical (unpaired) electrons. The van der Waals surface area contributed by atoms with Crippen LogP contribution in [0.25, 0.3) is 0 Å². The maximum absolute atomic E-state index is 10.7. The van der Waals surface area contributed by atoms with Crippen molar-refractivity contribution in [1.29, 1.82) is 0 Å². The Morgan fingerprint density at radius 3 is 2.79 bits per heavy atom. The van der Waals surface area contributed by atoms with Gasteiger partial charge in [-0.15, -0.1) is 0 Å². The second-order valence-corrected chi connectivity index (χ2v) is 4.49. The summed E-state index contributed by atoms with van der Waals surface area (Å²) in [6.07, 6.45) is 0.796. The van der Waals surface area contributed by atoms with Gasteiger partial charge in [0.05, 0.1) is 20.3 Å². The van der Waals surface area contributed by atoms with Crippen molar-refractivity contribution in [2.24, 2.45) is 0 Å². The van der Waals surface area contributed by atoms with E-state index in [1.165, 1.54) is 4.90 Å². The van der Waals surface area contributed by atoms with Gasteiger partial charge in [-0.1, -0.05) is 0 Å². The third-order valence-electron chi connectivity index (χ3n) is 3.24. The molecule has 2 rings (SSSR count). The van der Waals surface area contributed by atoms with Crippen molar-refractivity contribution < 1.29 is 23.9 Å². The molecule has 0 aliphatic carbocycles. The van der Waals surface area contributed by atoms with Gasteiger partial charge in [0.2, 0.25) is 0 Å². The number of quaternary nitrogens is 1. The molecule has 0 atom stereocenters. The van der Waals surface area contributed by atoms with Crippen molar-refractivity contribution in [3.05, 3.63) is 23.8 Å². The van der Waals surface area contributed by atoms with Crippen LogP contribution in [0.5, 0.6) is 11.5 Å². The average molecular weight is 266 g/mol. The zero-order valence-corrected chi connectivity index (χ0v) is 11.2. The van der Waals surface area contributed by atoms with E-state index in [1.807, 2.05) is 0 Å². The van der Waals surface area contributed by atoms with Gasteiger partial charge in [-0.25, -0.2) is 0 Å². The molecule has 1 aromatic rings. The van der Waals surface area contributed by atoms with E-state index in [0.717, 1.165) is 39.1 Å². The van der Waals surface area contributed by atoms with Crippen LogP contribution in [-0.4, -0.2) is 52.9 Å². The average Bonchev–Trinajstić information content (AvgIpc) is 2.48. The van der Waals surface area contributed by atoms with Crippen LogP contribution >= 0.6 is 0 Å². The Balaban J connectivity index is 1.86. The molecule has 5 nitrogen and oxygen atoms in total. The first kappa shape index (κ1) is 13.8. The predicted octanol–water partition coefficient (Wildman–Crippen LogP) is -0.198. The minimum Gasteiger partial charge on any atom is -0.493 e. The molecule has 1 N–H and O–H groups in total. The predicted molar refractivity (Wildman–Crippen MR) is 70.3 cm³/mol. The SMILES string of the molecule is COc1cc(C=O)ccc1OCC[NH+]1CCOCC1. The van der Waals surface area contributed by atoms with Gasteiger partial charge >= 0.3 is 0 Å². The zero-order valence-electron chi connectivity index (χ0n) is 11.2. The maximum Gasteiger partial charge on any atom is 0.161 e. The Kier molecular flexibility index (Phi) is 5.18. The normalized spacial score (nSPS) is 16.1. The van der Waals surface area contributed by atoms with E-state index in [0.29, 0.717) is 23.7 Å². The number of rotatable bonds is 6. The summed E-state index contributed by atoms with van der Waals surface area (Å²) >= 11 is 0. The highest BCUT2D eigenvalue weighted by Gasteiger charge is 2.14. The molecule has 1 fully saturated rings. The third kappa shape index (κ3) is 3.94. The van der Waals surface area contributed by atoms with Gasteiger partial charge in [0.15, 0.2) is 11.5 Å². The molecule has 0 saturated carbocycles. The number of nitrogens with one attached hydrogen (secondary N) is 1. The van der Waals surface area contributed by atoms with Crippen LogP contribution in [-0.2, 0) is 4.74 Å². The summed E-state index contributed by atoms with van der Waals surface area (Å²) in [7, 11) is 1.57. The molecule has 1 saturated heterocycles. The van der Waals surface area contributed by atoms with Gasteiger partial charge in [-0.2, -0.15) is 0 Å². The number of morpholine rings is 1. The van der Waals surface area contributed by atoms with Crippen molar-refractivity contribution in [2.75, 3.05) is 46.6 Å². The van der Waals surface area contributed by atoms with Crippen molar-refractivity contribution in [2.45, 2.75) is 0 Å². The van der Waals surface area contributed by atoms with Crippen molar-refractivity contribution in [3.8, 4) is 11.5 Å². The topological polar surface area (TPSA) is 49.2 Å². The van der Waals surface area contributed by atoms with E-state index >= 15 is 0 Å². The van der Waals surface area contributed by atoms with Gasteiger partial charge in [-0.05, 0) is 18.2 Å². The fourth-order valence-electron chi connectivity index (χ4n) is 2.09. The van der Waals surface area contributed by atoms with Gasteiger partial charge in [0, 0.05) is 5.56 Å². The number of benzene rings is 1. The molecule has 0 aromatic heterocycles. The van der Waals surface area contributed by atoms with Crippen molar-refractivity contribution in [1.82, 2.24) is 0 Å². The highest BCUT2D eigenvalue weighted by molar-refractivity contribution is 5.76. The Bertz CT molecular complexity index is 416. The molecule has 1 aliphatic heterocycles. The van der Waals surface area contributed by atoms with Crippen LogP contribution in [0.1, 0.15) is 10.4 Å². The molecule has 0 spiro atoms. The molecule has 5 heteroatoms. The summed E-state index contributed by atoms with van der Waals surface area (Å²) in [5.74, 6) is 1.28. The minimum absolute atomic E-state index is 0.586. The number of hydrogen-bond acceptors (Lipinski definition) is 4. The lowest BCUT2D eigenvalue weighted by Crippen LogP contribution is -3.14. The third-order valence-corrected chi connectivity index (χ3v) is 3.24. The standard InChI is InChI=1S/C14H19NO4/c1-17-14-10-12(11-16)2-3-13(14)19-9-6-15-4-7-18-8-5-15/h2-3,10-11H,4-9H2,1H3/p+1. The first-order valence-corrected chi connectivity index (χ1v) is 6.51. The van der Waals surface area contributed by atoms with Gasteiger partial charge in [0.1, 0.15) is 32.5 Å². The lowest BCUT2D eigenvalue weighted by Gasteiger charge is -2.23. The van der Waals surface area contributed by atoms with Crippen LogP contribution in [0.3, 0.4) is 0 Å². The van der Waals surface area contributed by atoms with Gasteiger partial charge < -0.3 is 19.1 Å². The smallest absolute Gasteiger partial charge is 0.161 e. The Labute approximate surface area is 113 Å². The van der Waals surface area contributed by atoms with Crippen LogP contribution in [0, 0.1) is 0 Å². The van der Waals surface area contributed by atoms with E-state index in [2.05, 4.69) is 0 Å². The summed E-state index contributed by atoms with van der Waals surface area (Å²) in [5.41, 5.74) is 0.586. The molecule has 0 bridgehead atoms. The van der Waals surface area contributed by atoms with Gasteiger partial charge in [0.25, 0.3) is 0 Å². The molecule has 1 aromatic carbocycles. The molecule has 104 valence electrons.